The Morgan fingerprint density at radius 1 is 1.12 bits per heavy atom. The molecule has 0 saturated heterocycles. The number of hydrogen-bond donors (Lipinski definition) is 1. The summed E-state index contributed by atoms with van der Waals surface area (Å²) in [6.07, 6.45) is 0.826. The Kier molecular flexibility index (Phi) is 7.13. The second-order valence-electron chi connectivity index (χ2n) is 5.49. The fraction of sp³-hybridized carbons (Fsp3) is 0.263. The molecular formula is C19H19BrFNO3. The highest BCUT2D eigenvalue weighted by molar-refractivity contribution is 9.10. The molecule has 2 aromatic rings. The van der Waals surface area contributed by atoms with Gasteiger partial charge in [-0.2, -0.15) is 0 Å². The van der Waals surface area contributed by atoms with E-state index in [-0.39, 0.29) is 30.3 Å². The first-order valence-electron chi connectivity index (χ1n) is 7.87. The summed E-state index contributed by atoms with van der Waals surface area (Å²) in [7, 11) is 1.50. The van der Waals surface area contributed by atoms with Crippen LogP contribution in [0.3, 0.4) is 0 Å². The van der Waals surface area contributed by atoms with Gasteiger partial charge in [0.2, 0.25) is 5.91 Å². The molecule has 0 bridgehead atoms. The summed E-state index contributed by atoms with van der Waals surface area (Å²) in [6, 6.07) is 11.3. The minimum absolute atomic E-state index is 0.106. The van der Waals surface area contributed by atoms with E-state index in [4.69, 9.17) is 4.74 Å². The molecule has 6 heteroatoms. The van der Waals surface area contributed by atoms with Crippen LogP contribution in [-0.4, -0.2) is 25.3 Å². The molecule has 0 aliphatic heterocycles. The minimum Gasteiger partial charge on any atom is -0.496 e. The van der Waals surface area contributed by atoms with Crippen molar-refractivity contribution in [3.05, 3.63) is 63.9 Å². The molecule has 0 unspecified atom stereocenters. The third kappa shape index (κ3) is 5.98. The summed E-state index contributed by atoms with van der Waals surface area (Å²) in [5.41, 5.74) is 1.40. The Labute approximate surface area is 154 Å². The summed E-state index contributed by atoms with van der Waals surface area (Å²) >= 11 is 3.32. The average Bonchev–Trinajstić information content (AvgIpc) is 2.61. The Morgan fingerprint density at radius 2 is 1.84 bits per heavy atom. The third-order valence-corrected chi connectivity index (χ3v) is 4.18. The highest BCUT2D eigenvalue weighted by Gasteiger charge is 2.14. The van der Waals surface area contributed by atoms with E-state index in [2.05, 4.69) is 21.2 Å². The second kappa shape index (κ2) is 9.32. The highest BCUT2D eigenvalue weighted by atomic mass is 79.9. The number of nitrogens with one attached hydrogen (secondary N) is 1. The number of amides is 1. The second-order valence-corrected chi connectivity index (χ2v) is 6.41. The van der Waals surface area contributed by atoms with Crippen LogP contribution >= 0.6 is 15.9 Å². The summed E-state index contributed by atoms with van der Waals surface area (Å²) < 4.78 is 18.8. The Bertz CT molecular complexity index is 747. The monoisotopic (exact) mass is 407 g/mol. The molecule has 0 aliphatic carbocycles. The van der Waals surface area contributed by atoms with Gasteiger partial charge in [0, 0.05) is 23.9 Å². The van der Waals surface area contributed by atoms with Crippen molar-refractivity contribution in [3.63, 3.8) is 0 Å². The third-order valence-electron chi connectivity index (χ3n) is 3.69. The molecule has 0 spiro atoms. The van der Waals surface area contributed by atoms with Gasteiger partial charge in [0.15, 0.2) is 5.78 Å². The topological polar surface area (TPSA) is 55.4 Å². The van der Waals surface area contributed by atoms with Crippen molar-refractivity contribution in [2.75, 3.05) is 13.7 Å². The first-order valence-corrected chi connectivity index (χ1v) is 8.67. The van der Waals surface area contributed by atoms with E-state index in [1.54, 1.807) is 30.3 Å². The van der Waals surface area contributed by atoms with Crippen LogP contribution in [0.5, 0.6) is 5.75 Å². The van der Waals surface area contributed by atoms with Crippen molar-refractivity contribution < 1.29 is 18.7 Å². The van der Waals surface area contributed by atoms with Crippen molar-refractivity contribution in [3.8, 4) is 5.75 Å². The molecule has 25 heavy (non-hydrogen) atoms. The van der Waals surface area contributed by atoms with Crippen molar-refractivity contribution in [2.24, 2.45) is 0 Å². The maximum absolute atomic E-state index is 12.8. The summed E-state index contributed by atoms with van der Waals surface area (Å²) in [4.78, 5) is 24.2. The number of Topliss-reactive ketones (excluding diaryl/α,β-unsaturated/α-hetero) is 1. The van der Waals surface area contributed by atoms with Gasteiger partial charge in [-0.3, -0.25) is 9.59 Å². The number of hydrogen-bond acceptors (Lipinski definition) is 3. The predicted octanol–water partition coefficient (Wildman–Crippen LogP) is 3.92. The first kappa shape index (κ1) is 19.1. The number of methoxy groups -OCH3 is 1. The largest absolute Gasteiger partial charge is 0.496 e. The van der Waals surface area contributed by atoms with E-state index in [1.165, 1.54) is 19.2 Å². The molecule has 0 radical (unpaired) electrons. The SMILES string of the molecule is COc1ccc(Br)cc1C(=O)CCC(=O)NCCc1ccc(F)cc1. The predicted molar refractivity (Wildman–Crippen MR) is 97.4 cm³/mol. The number of ketones is 1. The van der Waals surface area contributed by atoms with Crippen molar-refractivity contribution in [1.29, 1.82) is 0 Å². The molecular weight excluding hydrogens is 389 g/mol. The van der Waals surface area contributed by atoms with E-state index in [9.17, 15) is 14.0 Å². The molecule has 1 amide bonds. The quantitative estimate of drug-likeness (QED) is 0.674. The summed E-state index contributed by atoms with van der Waals surface area (Å²) in [5, 5.41) is 2.77. The zero-order valence-corrected chi connectivity index (χ0v) is 15.4. The molecule has 2 aromatic carbocycles. The standard InChI is InChI=1S/C19H19BrFNO3/c1-25-18-8-4-14(20)12-16(18)17(23)7-9-19(24)22-11-10-13-2-5-15(21)6-3-13/h2-6,8,12H,7,9-11H2,1H3,(H,22,24). The fourth-order valence-electron chi connectivity index (χ4n) is 2.35. The highest BCUT2D eigenvalue weighted by Crippen LogP contribution is 2.24. The maximum atomic E-state index is 12.8. The lowest BCUT2D eigenvalue weighted by molar-refractivity contribution is -0.121. The summed E-state index contributed by atoms with van der Waals surface area (Å²) in [6.45, 7) is 0.443. The molecule has 4 nitrogen and oxygen atoms in total. The van der Waals surface area contributed by atoms with Crippen molar-refractivity contribution in [2.45, 2.75) is 19.3 Å². The van der Waals surface area contributed by atoms with Gasteiger partial charge in [-0.25, -0.2) is 4.39 Å². The van der Waals surface area contributed by atoms with Gasteiger partial charge in [-0.15, -0.1) is 0 Å². The number of rotatable bonds is 8. The van der Waals surface area contributed by atoms with Crippen LogP contribution in [0, 0.1) is 5.82 Å². The van der Waals surface area contributed by atoms with Gasteiger partial charge in [0.05, 0.1) is 12.7 Å². The molecule has 1 N–H and O–H groups in total. The maximum Gasteiger partial charge on any atom is 0.220 e. The zero-order chi connectivity index (χ0) is 18.2. The normalized spacial score (nSPS) is 10.4. The number of carbonyl (C=O) groups excluding carboxylic acids is 2. The number of benzene rings is 2. The number of carbonyl (C=O) groups is 2. The van der Waals surface area contributed by atoms with Crippen molar-refractivity contribution in [1.82, 2.24) is 5.32 Å². The Morgan fingerprint density at radius 3 is 2.52 bits per heavy atom. The molecule has 0 fully saturated rings. The van der Waals surface area contributed by atoms with Gasteiger partial charge in [0.1, 0.15) is 11.6 Å². The number of ether oxygens (including phenoxy) is 1. The molecule has 0 heterocycles. The van der Waals surface area contributed by atoms with E-state index in [0.29, 0.717) is 24.3 Å². The van der Waals surface area contributed by atoms with Gasteiger partial charge in [-0.05, 0) is 42.3 Å². The molecule has 0 saturated carbocycles. The smallest absolute Gasteiger partial charge is 0.220 e. The molecule has 0 atom stereocenters. The fourth-order valence-corrected chi connectivity index (χ4v) is 2.71. The molecule has 132 valence electrons. The lowest BCUT2D eigenvalue weighted by atomic mass is 10.1. The van der Waals surface area contributed by atoms with E-state index >= 15 is 0 Å². The van der Waals surface area contributed by atoms with E-state index in [0.717, 1.165) is 10.0 Å². The lowest BCUT2D eigenvalue weighted by Gasteiger charge is -2.09. The van der Waals surface area contributed by atoms with Crippen LogP contribution in [0.25, 0.3) is 0 Å². The van der Waals surface area contributed by atoms with Crippen LogP contribution < -0.4 is 10.1 Å². The molecule has 0 aromatic heterocycles. The van der Waals surface area contributed by atoms with Crippen LogP contribution in [0.4, 0.5) is 4.39 Å². The minimum atomic E-state index is -0.283. The van der Waals surface area contributed by atoms with E-state index in [1.807, 2.05) is 0 Å². The average molecular weight is 408 g/mol. The van der Waals surface area contributed by atoms with Gasteiger partial charge in [0.25, 0.3) is 0 Å². The van der Waals surface area contributed by atoms with Crippen LogP contribution in [-0.2, 0) is 11.2 Å². The zero-order valence-electron chi connectivity index (χ0n) is 13.9. The van der Waals surface area contributed by atoms with Gasteiger partial charge < -0.3 is 10.1 Å². The van der Waals surface area contributed by atoms with Gasteiger partial charge in [-0.1, -0.05) is 28.1 Å². The van der Waals surface area contributed by atoms with Gasteiger partial charge >= 0.3 is 0 Å². The lowest BCUT2D eigenvalue weighted by Crippen LogP contribution is -2.26. The van der Waals surface area contributed by atoms with Crippen LogP contribution in [0.1, 0.15) is 28.8 Å². The Hall–Kier alpha value is -2.21. The van der Waals surface area contributed by atoms with Crippen molar-refractivity contribution >= 4 is 27.6 Å². The molecule has 2 rings (SSSR count). The van der Waals surface area contributed by atoms with Crippen LogP contribution in [0.15, 0.2) is 46.9 Å². The Balaban J connectivity index is 1.78. The summed E-state index contributed by atoms with van der Waals surface area (Å²) in [5.74, 6) is -0.129. The number of halogens is 2. The first-order chi connectivity index (χ1) is 12.0. The molecule has 0 aliphatic rings. The van der Waals surface area contributed by atoms with Crippen LogP contribution in [0.2, 0.25) is 0 Å². The van der Waals surface area contributed by atoms with E-state index < -0.39 is 0 Å².